The summed E-state index contributed by atoms with van der Waals surface area (Å²) in [4.78, 5) is 32.2. The molecular formula is C20H30ClN5O3Si. The van der Waals surface area contributed by atoms with E-state index in [1.807, 2.05) is 16.8 Å². The molecule has 0 radical (unpaired) electrons. The second-order valence-corrected chi connectivity index (χ2v) is 14.6. The molecule has 0 bridgehead atoms. The van der Waals surface area contributed by atoms with Crippen molar-refractivity contribution in [3.63, 3.8) is 0 Å². The fraction of sp³-hybridized carbons (Fsp3) is 0.550. The van der Waals surface area contributed by atoms with Gasteiger partial charge in [0.05, 0.1) is 10.9 Å². The predicted molar refractivity (Wildman–Crippen MR) is 125 cm³/mol. The number of rotatable bonds is 6. The highest BCUT2D eigenvalue weighted by atomic mass is 35.5. The van der Waals surface area contributed by atoms with Crippen molar-refractivity contribution in [3.05, 3.63) is 39.3 Å². The van der Waals surface area contributed by atoms with Crippen molar-refractivity contribution in [2.75, 3.05) is 19.7 Å². The number of pyridine rings is 1. The molecule has 1 saturated heterocycles. The number of aromatic nitrogens is 4. The Balaban J connectivity index is 0.00000256. The van der Waals surface area contributed by atoms with Crippen LogP contribution in [0.2, 0.25) is 25.7 Å². The largest absolute Gasteiger partial charge is 0.361 e. The third-order valence-electron chi connectivity index (χ3n) is 5.59. The molecule has 10 heteroatoms. The molecule has 1 aliphatic rings. The van der Waals surface area contributed by atoms with Gasteiger partial charge in [0.15, 0.2) is 0 Å². The van der Waals surface area contributed by atoms with Crippen LogP contribution >= 0.6 is 12.4 Å². The van der Waals surface area contributed by atoms with Gasteiger partial charge < -0.3 is 14.6 Å². The van der Waals surface area contributed by atoms with Crippen LogP contribution in [0.4, 0.5) is 0 Å². The first-order valence-corrected chi connectivity index (χ1v) is 14.0. The van der Waals surface area contributed by atoms with Gasteiger partial charge in [-0.15, -0.1) is 12.4 Å². The molecule has 0 aromatic carbocycles. The Morgan fingerprint density at radius 1 is 1.20 bits per heavy atom. The van der Waals surface area contributed by atoms with Gasteiger partial charge >= 0.3 is 5.69 Å². The van der Waals surface area contributed by atoms with Gasteiger partial charge in [0.25, 0.3) is 5.56 Å². The third-order valence-corrected chi connectivity index (χ3v) is 7.29. The van der Waals surface area contributed by atoms with Gasteiger partial charge in [-0.1, -0.05) is 19.6 Å². The van der Waals surface area contributed by atoms with Crippen LogP contribution in [0, 0.1) is 0 Å². The van der Waals surface area contributed by atoms with E-state index in [1.54, 1.807) is 10.8 Å². The molecule has 2 N–H and O–H groups in total. The SMILES string of the molecule is C[Si](C)(C)CCOCn1ccc2c1ncc1c(=O)[nH]c(=O)n(C3CCNCC3)c12.Cl. The van der Waals surface area contributed by atoms with E-state index in [1.165, 1.54) is 0 Å². The first-order valence-electron chi connectivity index (χ1n) is 10.3. The van der Waals surface area contributed by atoms with Gasteiger partial charge in [0, 0.05) is 38.5 Å². The molecule has 1 aliphatic heterocycles. The van der Waals surface area contributed by atoms with E-state index in [0.29, 0.717) is 17.6 Å². The van der Waals surface area contributed by atoms with Crippen LogP contribution in [0.1, 0.15) is 18.9 Å². The summed E-state index contributed by atoms with van der Waals surface area (Å²) in [5, 5.41) is 4.60. The number of H-pyrrole nitrogens is 1. The average molecular weight is 452 g/mol. The Kier molecular flexibility index (Phi) is 6.86. The van der Waals surface area contributed by atoms with Crippen molar-refractivity contribution in [1.29, 1.82) is 0 Å². The van der Waals surface area contributed by atoms with E-state index in [2.05, 4.69) is 34.9 Å². The molecule has 0 spiro atoms. The second-order valence-electron chi connectivity index (χ2n) is 9.00. The summed E-state index contributed by atoms with van der Waals surface area (Å²) in [6.45, 7) is 9.83. The number of hydrogen-bond acceptors (Lipinski definition) is 5. The van der Waals surface area contributed by atoms with E-state index in [4.69, 9.17) is 4.74 Å². The quantitative estimate of drug-likeness (QED) is 0.444. The number of halogens is 1. The first kappa shape index (κ1) is 22.7. The van der Waals surface area contributed by atoms with Gasteiger partial charge in [-0.25, -0.2) is 9.78 Å². The van der Waals surface area contributed by atoms with Crippen LogP contribution in [-0.4, -0.2) is 46.9 Å². The first-order chi connectivity index (χ1) is 13.8. The molecule has 8 nitrogen and oxygen atoms in total. The van der Waals surface area contributed by atoms with Crippen molar-refractivity contribution in [3.8, 4) is 0 Å². The number of nitrogens with one attached hydrogen (secondary N) is 2. The van der Waals surface area contributed by atoms with Gasteiger partial charge in [0.1, 0.15) is 12.4 Å². The molecule has 0 amide bonds. The zero-order valence-electron chi connectivity index (χ0n) is 17.7. The topological polar surface area (TPSA) is 93.9 Å². The van der Waals surface area contributed by atoms with Gasteiger partial charge in [-0.2, -0.15) is 0 Å². The smallest absolute Gasteiger partial charge is 0.329 e. The van der Waals surface area contributed by atoms with Crippen LogP contribution in [0.5, 0.6) is 0 Å². The highest BCUT2D eigenvalue weighted by Gasteiger charge is 2.22. The zero-order valence-corrected chi connectivity index (χ0v) is 19.6. The molecule has 0 saturated carbocycles. The Bertz CT molecular complexity index is 1140. The van der Waals surface area contributed by atoms with Crippen molar-refractivity contribution in [2.24, 2.45) is 0 Å². The van der Waals surface area contributed by atoms with E-state index in [9.17, 15) is 9.59 Å². The number of hydrogen-bond donors (Lipinski definition) is 2. The highest BCUT2D eigenvalue weighted by molar-refractivity contribution is 6.76. The maximum absolute atomic E-state index is 12.7. The lowest BCUT2D eigenvalue weighted by molar-refractivity contribution is 0.0899. The molecule has 0 atom stereocenters. The van der Waals surface area contributed by atoms with E-state index < -0.39 is 8.07 Å². The predicted octanol–water partition coefficient (Wildman–Crippen LogP) is 2.70. The van der Waals surface area contributed by atoms with Crippen molar-refractivity contribution < 1.29 is 4.74 Å². The molecule has 0 unspecified atom stereocenters. The minimum absolute atomic E-state index is 0. The Labute approximate surface area is 182 Å². The molecular weight excluding hydrogens is 422 g/mol. The van der Waals surface area contributed by atoms with Crippen LogP contribution in [0.25, 0.3) is 21.9 Å². The van der Waals surface area contributed by atoms with Crippen molar-refractivity contribution >= 4 is 42.4 Å². The van der Waals surface area contributed by atoms with Crippen LogP contribution in [0.3, 0.4) is 0 Å². The number of aromatic amines is 1. The fourth-order valence-corrected chi connectivity index (χ4v) is 4.69. The average Bonchev–Trinajstić information content (AvgIpc) is 3.09. The zero-order chi connectivity index (χ0) is 20.6. The van der Waals surface area contributed by atoms with Gasteiger partial charge in [0.2, 0.25) is 0 Å². The minimum atomic E-state index is -1.14. The van der Waals surface area contributed by atoms with Gasteiger partial charge in [-0.05, 0) is 38.0 Å². The summed E-state index contributed by atoms with van der Waals surface area (Å²) in [5.41, 5.74) is 0.680. The lowest BCUT2D eigenvalue weighted by Crippen LogP contribution is -2.38. The standard InChI is InChI=1S/C20H29N5O3Si.ClH/c1-29(2,3)11-10-28-13-24-9-6-15-17-16(12-22-18(15)24)19(26)23-20(27)25(17)14-4-7-21-8-5-14;/h6,9,12,14,21H,4-5,7-8,10-11,13H2,1-3H3,(H,23,26,27);1H. The third kappa shape index (κ3) is 4.54. The number of piperidine rings is 1. The van der Waals surface area contributed by atoms with E-state index >= 15 is 0 Å². The lowest BCUT2D eigenvalue weighted by atomic mass is 10.1. The van der Waals surface area contributed by atoms with Crippen LogP contribution in [-0.2, 0) is 11.5 Å². The molecule has 30 heavy (non-hydrogen) atoms. The lowest BCUT2D eigenvalue weighted by Gasteiger charge is -2.26. The summed E-state index contributed by atoms with van der Waals surface area (Å²) >= 11 is 0. The van der Waals surface area contributed by atoms with E-state index in [0.717, 1.165) is 49.6 Å². The summed E-state index contributed by atoms with van der Waals surface area (Å²) in [6.07, 6.45) is 5.20. The molecule has 3 aromatic rings. The Hall–Kier alpha value is -1.94. The molecule has 4 rings (SSSR count). The van der Waals surface area contributed by atoms with Crippen LogP contribution < -0.4 is 16.6 Å². The Morgan fingerprint density at radius 2 is 1.93 bits per heavy atom. The maximum Gasteiger partial charge on any atom is 0.329 e. The van der Waals surface area contributed by atoms with Crippen molar-refractivity contribution in [1.82, 2.24) is 24.4 Å². The second kappa shape index (κ2) is 9.05. The molecule has 3 aromatic heterocycles. The highest BCUT2D eigenvalue weighted by Crippen LogP contribution is 2.26. The number of nitrogens with zero attached hydrogens (tertiary/aromatic N) is 3. The van der Waals surface area contributed by atoms with E-state index in [-0.39, 0.29) is 29.7 Å². The molecule has 4 heterocycles. The normalized spacial score (nSPS) is 15.6. The fourth-order valence-electron chi connectivity index (χ4n) is 3.94. The monoisotopic (exact) mass is 451 g/mol. The molecule has 1 fully saturated rings. The van der Waals surface area contributed by atoms with Gasteiger partial charge in [-0.3, -0.25) is 14.3 Å². The summed E-state index contributed by atoms with van der Waals surface area (Å²) < 4.78 is 9.59. The van der Waals surface area contributed by atoms with Crippen LogP contribution in [0.15, 0.2) is 28.0 Å². The maximum atomic E-state index is 12.7. The summed E-state index contributed by atoms with van der Waals surface area (Å²) in [5.74, 6) is 0. The number of ether oxygens (including phenoxy) is 1. The molecule has 164 valence electrons. The number of fused-ring (bicyclic) bond motifs is 3. The molecule has 0 aliphatic carbocycles. The summed E-state index contributed by atoms with van der Waals surface area (Å²) in [6, 6.07) is 3.10. The minimum Gasteiger partial charge on any atom is -0.361 e. The Morgan fingerprint density at radius 3 is 2.63 bits per heavy atom. The summed E-state index contributed by atoms with van der Waals surface area (Å²) in [7, 11) is -1.14. The van der Waals surface area contributed by atoms with Crippen molar-refractivity contribution in [2.45, 2.75) is 51.3 Å².